The van der Waals surface area contributed by atoms with E-state index in [1.807, 2.05) is 6.07 Å². The summed E-state index contributed by atoms with van der Waals surface area (Å²) in [5.41, 5.74) is 1.02. The molecule has 5 heteroatoms. The first kappa shape index (κ1) is 17.7. The lowest BCUT2D eigenvalue weighted by Crippen LogP contribution is -2.22. The van der Waals surface area contributed by atoms with Crippen LogP contribution in [-0.4, -0.2) is 17.5 Å². The Morgan fingerprint density at radius 3 is 2.21 bits per heavy atom. The van der Waals surface area contributed by atoms with Crippen molar-refractivity contribution in [1.29, 1.82) is 0 Å². The fourth-order valence-electron chi connectivity index (χ4n) is 1.93. The maximum Gasteiger partial charge on any atom is 0.540 e. The molecule has 0 atom stereocenters. The van der Waals surface area contributed by atoms with Gasteiger partial charge in [0, 0.05) is 16.7 Å². The summed E-state index contributed by atoms with van der Waals surface area (Å²) in [4.78, 5) is 33.6. The molecule has 0 saturated heterocycles. The van der Waals surface area contributed by atoms with Crippen molar-refractivity contribution in [3.05, 3.63) is 71.3 Å². The molecule has 2 rings (SSSR count). The van der Waals surface area contributed by atoms with Crippen LogP contribution in [0.4, 0.5) is 4.79 Å². The van der Waals surface area contributed by atoms with Crippen LogP contribution in [0.25, 0.3) is 0 Å². The molecule has 0 aliphatic heterocycles. The Morgan fingerprint density at radius 2 is 1.54 bits per heavy atom. The standard InChI is InChI=1S/C19H20O5/c1-19(2,3)24-23-18(21)22-13-15-11-7-8-12-16(15)17(20)14-9-5-4-6-10-14/h4-12H,13H2,1-3H3. The Bertz CT molecular complexity index is 701. The van der Waals surface area contributed by atoms with E-state index in [-0.39, 0.29) is 12.4 Å². The molecule has 0 saturated carbocycles. The van der Waals surface area contributed by atoms with Crippen LogP contribution in [0.3, 0.4) is 0 Å². The summed E-state index contributed by atoms with van der Waals surface area (Å²) >= 11 is 0. The quantitative estimate of drug-likeness (QED) is 0.354. The van der Waals surface area contributed by atoms with Crippen LogP contribution in [0.2, 0.25) is 0 Å². The monoisotopic (exact) mass is 328 g/mol. The minimum absolute atomic E-state index is 0.0823. The number of ether oxygens (including phenoxy) is 1. The molecule has 0 spiro atoms. The molecule has 0 radical (unpaired) electrons. The van der Waals surface area contributed by atoms with E-state index < -0.39 is 11.8 Å². The molecule has 0 aliphatic rings. The fourth-order valence-corrected chi connectivity index (χ4v) is 1.93. The molecule has 0 fully saturated rings. The number of hydrogen-bond donors (Lipinski definition) is 0. The number of benzene rings is 2. The molecule has 2 aromatic carbocycles. The number of carbonyl (C=O) groups excluding carboxylic acids is 2. The summed E-state index contributed by atoms with van der Waals surface area (Å²) in [6.45, 7) is 5.15. The van der Waals surface area contributed by atoms with Gasteiger partial charge >= 0.3 is 6.16 Å². The van der Waals surface area contributed by atoms with Crippen molar-refractivity contribution < 1.29 is 24.1 Å². The predicted molar refractivity (Wildman–Crippen MR) is 88.4 cm³/mol. The van der Waals surface area contributed by atoms with E-state index in [0.29, 0.717) is 16.7 Å². The molecule has 0 heterocycles. The van der Waals surface area contributed by atoms with E-state index >= 15 is 0 Å². The van der Waals surface area contributed by atoms with Crippen LogP contribution in [0.5, 0.6) is 0 Å². The average molecular weight is 328 g/mol. The molecule has 0 aromatic heterocycles. The molecule has 126 valence electrons. The van der Waals surface area contributed by atoms with Crippen molar-refractivity contribution in [3.8, 4) is 0 Å². The molecule has 0 N–H and O–H groups in total. The van der Waals surface area contributed by atoms with Gasteiger partial charge in [0.1, 0.15) is 12.2 Å². The van der Waals surface area contributed by atoms with Gasteiger partial charge in [-0.3, -0.25) is 9.68 Å². The van der Waals surface area contributed by atoms with Gasteiger partial charge in [0.2, 0.25) is 0 Å². The van der Waals surface area contributed by atoms with Crippen LogP contribution in [0, 0.1) is 0 Å². The smallest absolute Gasteiger partial charge is 0.427 e. The van der Waals surface area contributed by atoms with Crippen LogP contribution in [0.1, 0.15) is 42.3 Å². The van der Waals surface area contributed by atoms with Gasteiger partial charge < -0.3 is 4.74 Å². The largest absolute Gasteiger partial charge is 0.540 e. The third kappa shape index (κ3) is 5.21. The molecule has 24 heavy (non-hydrogen) atoms. The zero-order valence-electron chi connectivity index (χ0n) is 13.9. The summed E-state index contributed by atoms with van der Waals surface area (Å²) in [5, 5.41) is 0. The first-order valence-corrected chi connectivity index (χ1v) is 7.57. The first-order chi connectivity index (χ1) is 11.4. The van der Waals surface area contributed by atoms with E-state index in [1.165, 1.54) is 0 Å². The lowest BCUT2D eigenvalue weighted by Gasteiger charge is -2.16. The zero-order chi connectivity index (χ0) is 17.6. The first-order valence-electron chi connectivity index (χ1n) is 7.57. The van der Waals surface area contributed by atoms with Gasteiger partial charge in [-0.15, -0.1) is 0 Å². The minimum atomic E-state index is -0.952. The van der Waals surface area contributed by atoms with Crippen LogP contribution >= 0.6 is 0 Å². The van der Waals surface area contributed by atoms with Crippen molar-refractivity contribution >= 4 is 11.9 Å². The van der Waals surface area contributed by atoms with Gasteiger partial charge in [-0.25, -0.2) is 4.79 Å². The summed E-state index contributed by atoms with van der Waals surface area (Å²) in [6.07, 6.45) is -0.952. The molecular weight excluding hydrogens is 308 g/mol. The van der Waals surface area contributed by atoms with Gasteiger partial charge in [-0.05, 0) is 20.8 Å². The Kier molecular flexibility index (Phi) is 5.71. The highest BCUT2D eigenvalue weighted by Crippen LogP contribution is 2.16. The number of carbonyl (C=O) groups is 2. The minimum Gasteiger partial charge on any atom is -0.427 e. The summed E-state index contributed by atoms with van der Waals surface area (Å²) in [6, 6.07) is 15.9. The molecule has 0 aliphatic carbocycles. The summed E-state index contributed by atoms with van der Waals surface area (Å²) in [7, 11) is 0. The second kappa shape index (κ2) is 7.75. The van der Waals surface area contributed by atoms with Gasteiger partial charge in [-0.2, -0.15) is 4.89 Å². The summed E-state index contributed by atoms with van der Waals surface area (Å²) in [5.74, 6) is -0.130. The molecule has 0 bridgehead atoms. The van der Waals surface area contributed by atoms with E-state index in [4.69, 9.17) is 9.62 Å². The van der Waals surface area contributed by atoms with Crippen LogP contribution < -0.4 is 0 Å². The third-order valence-electron chi connectivity index (χ3n) is 3.00. The van der Waals surface area contributed by atoms with Gasteiger partial charge in [0.25, 0.3) is 0 Å². The van der Waals surface area contributed by atoms with E-state index in [0.717, 1.165) is 0 Å². The highest BCUT2D eigenvalue weighted by atomic mass is 17.2. The SMILES string of the molecule is CC(C)(C)OOC(=O)OCc1ccccc1C(=O)c1ccccc1. The highest BCUT2D eigenvalue weighted by Gasteiger charge is 2.18. The molecule has 2 aromatic rings. The van der Waals surface area contributed by atoms with Crippen molar-refractivity contribution in [2.75, 3.05) is 0 Å². The third-order valence-corrected chi connectivity index (χ3v) is 3.00. The topological polar surface area (TPSA) is 61.8 Å². The highest BCUT2D eigenvalue weighted by molar-refractivity contribution is 6.09. The molecule has 0 amide bonds. The molecule has 5 nitrogen and oxygen atoms in total. The normalized spacial score (nSPS) is 11.0. The average Bonchev–Trinajstić information content (AvgIpc) is 2.58. The van der Waals surface area contributed by atoms with Crippen LogP contribution in [0.15, 0.2) is 54.6 Å². The molecular formula is C19H20O5. The lowest BCUT2D eigenvalue weighted by atomic mass is 9.99. The van der Waals surface area contributed by atoms with E-state index in [2.05, 4.69) is 4.89 Å². The Hall–Kier alpha value is -2.66. The van der Waals surface area contributed by atoms with Crippen molar-refractivity contribution in [1.82, 2.24) is 0 Å². The lowest BCUT2D eigenvalue weighted by molar-refractivity contribution is -0.312. The molecule has 0 unspecified atom stereocenters. The second-order valence-corrected chi connectivity index (χ2v) is 6.17. The number of rotatable bonds is 5. The van der Waals surface area contributed by atoms with Crippen molar-refractivity contribution in [3.63, 3.8) is 0 Å². The van der Waals surface area contributed by atoms with Crippen molar-refractivity contribution in [2.45, 2.75) is 33.0 Å². The fraction of sp³-hybridized carbons (Fsp3) is 0.263. The van der Waals surface area contributed by atoms with Crippen LogP contribution in [-0.2, 0) is 21.1 Å². The Labute approximate surface area is 141 Å². The van der Waals surface area contributed by atoms with E-state index in [9.17, 15) is 9.59 Å². The zero-order valence-corrected chi connectivity index (χ0v) is 13.9. The second-order valence-electron chi connectivity index (χ2n) is 6.17. The Morgan fingerprint density at radius 1 is 0.917 bits per heavy atom. The van der Waals surface area contributed by atoms with Crippen molar-refractivity contribution in [2.24, 2.45) is 0 Å². The predicted octanol–water partition coefficient (Wildman–Crippen LogP) is 4.30. The maximum atomic E-state index is 12.6. The van der Waals surface area contributed by atoms with Gasteiger partial charge in [0.05, 0.1) is 0 Å². The summed E-state index contributed by atoms with van der Waals surface area (Å²) < 4.78 is 5.01. The maximum absolute atomic E-state index is 12.6. The van der Waals surface area contributed by atoms with Gasteiger partial charge in [-0.1, -0.05) is 54.6 Å². The Balaban J connectivity index is 2.04. The number of hydrogen-bond acceptors (Lipinski definition) is 5. The number of ketones is 1. The van der Waals surface area contributed by atoms with Gasteiger partial charge in [0.15, 0.2) is 5.78 Å². The van der Waals surface area contributed by atoms with E-state index in [1.54, 1.807) is 69.3 Å².